The maximum atomic E-state index is 13.5. The molecule has 3 aromatic rings. The lowest BCUT2D eigenvalue weighted by atomic mass is 9.84. The van der Waals surface area contributed by atoms with Crippen molar-refractivity contribution >= 4 is 24.2 Å². The number of nitrogens with one attached hydrogen (secondary N) is 1. The average molecular weight is 608 g/mol. The lowest BCUT2D eigenvalue weighted by Gasteiger charge is -2.41. The Hall–Kier alpha value is -3.71. The monoisotopic (exact) mass is 607 g/mol. The molecule has 0 unspecified atom stereocenters. The standard InChI is InChI=1S/C28H32F3N7O3.ClH/c1-18(39)36-12-9-20(10-13-36)26(41)37-14-11-24(23(17-37)19-5-3-2-4-6-19)32-16-21-15-22(7-8-25(21)40)38-27(28(29,30)31)33-34-35-38;/h2-8,15,20,23-24,32,40H,9-14,16-17H2,1H3;1H/t23-,24+;/m1./s1. The van der Waals surface area contributed by atoms with E-state index in [1.807, 2.05) is 35.2 Å². The summed E-state index contributed by atoms with van der Waals surface area (Å²) in [7, 11) is 0. The fourth-order valence-electron chi connectivity index (χ4n) is 5.76. The Kier molecular flexibility index (Phi) is 9.72. The highest BCUT2D eigenvalue weighted by Gasteiger charge is 2.39. The Morgan fingerprint density at radius 3 is 2.38 bits per heavy atom. The fourth-order valence-corrected chi connectivity index (χ4v) is 5.76. The number of phenolic OH excluding ortho intramolecular Hbond substituents is 1. The van der Waals surface area contributed by atoms with Gasteiger partial charge in [-0.2, -0.15) is 17.9 Å². The molecule has 0 radical (unpaired) electrons. The van der Waals surface area contributed by atoms with E-state index >= 15 is 0 Å². The van der Waals surface area contributed by atoms with Gasteiger partial charge in [-0.3, -0.25) is 9.59 Å². The zero-order valence-corrected chi connectivity index (χ0v) is 23.8. The van der Waals surface area contributed by atoms with Gasteiger partial charge in [0.05, 0.1) is 5.69 Å². The number of phenols is 1. The number of rotatable bonds is 6. The molecule has 2 aromatic carbocycles. The van der Waals surface area contributed by atoms with Crippen LogP contribution in [0.1, 0.15) is 49.1 Å². The van der Waals surface area contributed by atoms with Crippen LogP contribution in [0.2, 0.25) is 0 Å². The maximum Gasteiger partial charge on any atom is 0.453 e. The van der Waals surface area contributed by atoms with Gasteiger partial charge in [-0.15, -0.1) is 17.5 Å². The molecule has 14 heteroatoms. The number of tetrazole rings is 1. The first-order chi connectivity index (χ1) is 19.6. The summed E-state index contributed by atoms with van der Waals surface area (Å²) in [5, 5.41) is 23.7. The van der Waals surface area contributed by atoms with Crippen LogP contribution in [0.5, 0.6) is 5.75 Å². The van der Waals surface area contributed by atoms with Gasteiger partial charge in [-0.1, -0.05) is 30.3 Å². The van der Waals surface area contributed by atoms with E-state index in [0.29, 0.717) is 55.7 Å². The van der Waals surface area contributed by atoms with Crippen molar-refractivity contribution in [3.63, 3.8) is 0 Å². The minimum absolute atomic E-state index is 0. The van der Waals surface area contributed by atoms with Gasteiger partial charge in [-0.25, -0.2) is 0 Å². The first-order valence-electron chi connectivity index (χ1n) is 13.6. The SMILES string of the molecule is CC(=O)N1CCC(C(=O)N2CC[C@H](NCc3cc(-n4nnnc4C(F)(F)F)ccc3O)[C@@H](c3ccccc3)C2)CC1.Cl. The lowest BCUT2D eigenvalue weighted by molar-refractivity contribution is -0.146. The highest BCUT2D eigenvalue weighted by molar-refractivity contribution is 5.85. The summed E-state index contributed by atoms with van der Waals surface area (Å²) < 4.78 is 40.6. The first kappa shape index (κ1) is 31.2. The molecule has 2 fully saturated rings. The zero-order chi connectivity index (χ0) is 29.1. The molecule has 5 rings (SSSR count). The second-order valence-electron chi connectivity index (χ2n) is 10.6. The Bertz CT molecular complexity index is 1380. The van der Waals surface area contributed by atoms with E-state index in [-0.39, 0.29) is 60.1 Å². The predicted molar refractivity (Wildman–Crippen MR) is 149 cm³/mol. The third kappa shape index (κ3) is 6.84. The molecule has 42 heavy (non-hydrogen) atoms. The molecule has 2 aliphatic rings. The summed E-state index contributed by atoms with van der Waals surface area (Å²) in [6.07, 6.45) is -2.78. The van der Waals surface area contributed by atoms with E-state index in [9.17, 15) is 27.9 Å². The van der Waals surface area contributed by atoms with E-state index in [0.717, 1.165) is 5.56 Å². The van der Waals surface area contributed by atoms with E-state index in [1.165, 1.54) is 18.2 Å². The third-order valence-corrected chi connectivity index (χ3v) is 8.03. The molecule has 0 spiro atoms. The molecule has 2 aliphatic heterocycles. The number of carbonyl (C=O) groups is 2. The molecule has 0 bridgehead atoms. The van der Waals surface area contributed by atoms with Gasteiger partial charge in [0.1, 0.15) is 5.75 Å². The number of hydrogen-bond donors (Lipinski definition) is 2. The van der Waals surface area contributed by atoms with Crippen molar-refractivity contribution in [2.24, 2.45) is 5.92 Å². The van der Waals surface area contributed by atoms with Gasteiger partial charge in [-0.05, 0) is 53.5 Å². The van der Waals surface area contributed by atoms with E-state index in [4.69, 9.17) is 0 Å². The molecule has 10 nitrogen and oxygen atoms in total. The zero-order valence-electron chi connectivity index (χ0n) is 23.0. The minimum atomic E-state index is -4.74. The van der Waals surface area contributed by atoms with Crippen molar-refractivity contribution in [1.29, 1.82) is 0 Å². The van der Waals surface area contributed by atoms with Crippen molar-refractivity contribution in [2.45, 2.75) is 50.9 Å². The van der Waals surface area contributed by atoms with Crippen molar-refractivity contribution in [3.05, 3.63) is 65.5 Å². The molecule has 1 aromatic heterocycles. The normalized spacial score (nSPS) is 19.8. The molecule has 2 N–H and O–H groups in total. The summed E-state index contributed by atoms with van der Waals surface area (Å²) in [6, 6.07) is 13.9. The number of carbonyl (C=O) groups excluding carboxylic acids is 2. The van der Waals surface area contributed by atoms with Crippen LogP contribution < -0.4 is 5.32 Å². The van der Waals surface area contributed by atoms with Gasteiger partial charge >= 0.3 is 6.18 Å². The highest BCUT2D eigenvalue weighted by Crippen LogP contribution is 2.32. The van der Waals surface area contributed by atoms with Crippen molar-refractivity contribution < 1.29 is 27.9 Å². The van der Waals surface area contributed by atoms with Crippen molar-refractivity contribution in [1.82, 2.24) is 35.3 Å². The second kappa shape index (κ2) is 13.1. The number of alkyl halides is 3. The summed E-state index contributed by atoms with van der Waals surface area (Å²) in [5.41, 5.74) is 1.54. The van der Waals surface area contributed by atoms with Gasteiger partial charge in [0.15, 0.2) is 0 Å². The maximum absolute atomic E-state index is 13.5. The Morgan fingerprint density at radius 2 is 1.71 bits per heavy atom. The molecule has 2 atom stereocenters. The van der Waals surface area contributed by atoms with Gasteiger partial charge in [0.2, 0.25) is 11.8 Å². The Morgan fingerprint density at radius 1 is 1.02 bits per heavy atom. The number of benzene rings is 2. The molecule has 0 aliphatic carbocycles. The van der Waals surface area contributed by atoms with Gasteiger partial charge < -0.3 is 20.2 Å². The quantitative estimate of drug-likeness (QED) is 0.440. The number of halogens is 4. The summed E-state index contributed by atoms with van der Waals surface area (Å²) >= 11 is 0. The van der Waals surface area contributed by atoms with Crippen LogP contribution in [0.15, 0.2) is 48.5 Å². The van der Waals surface area contributed by atoms with Crippen LogP contribution in [-0.2, 0) is 22.3 Å². The molecule has 2 amide bonds. The van der Waals surface area contributed by atoms with Crippen LogP contribution in [0.3, 0.4) is 0 Å². The molecule has 226 valence electrons. The van der Waals surface area contributed by atoms with Crippen molar-refractivity contribution in [2.75, 3.05) is 26.2 Å². The third-order valence-electron chi connectivity index (χ3n) is 8.03. The van der Waals surface area contributed by atoms with Crippen LogP contribution in [0, 0.1) is 5.92 Å². The first-order valence-corrected chi connectivity index (χ1v) is 13.6. The second-order valence-corrected chi connectivity index (χ2v) is 10.6. The van der Waals surface area contributed by atoms with Gasteiger partial charge in [0, 0.05) is 63.1 Å². The molecule has 0 saturated carbocycles. The molecular formula is C28H33ClF3N7O3. The summed E-state index contributed by atoms with van der Waals surface area (Å²) in [5.74, 6) is -1.33. The number of nitrogens with zero attached hydrogens (tertiary/aromatic N) is 6. The van der Waals surface area contributed by atoms with Crippen LogP contribution in [-0.4, -0.2) is 79.1 Å². The highest BCUT2D eigenvalue weighted by atomic mass is 35.5. The Labute approximate surface area is 247 Å². The largest absolute Gasteiger partial charge is 0.508 e. The van der Waals surface area contributed by atoms with Gasteiger partial charge in [0.25, 0.3) is 5.82 Å². The van der Waals surface area contributed by atoms with E-state index < -0.39 is 12.0 Å². The molecule has 2 saturated heterocycles. The van der Waals surface area contributed by atoms with E-state index in [1.54, 1.807) is 11.8 Å². The number of piperidine rings is 2. The number of aromatic nitrogens is 4. The number of hydrogen-bond acceptors (Lipinski definition) is 7. The summed E-state index contributed by atoms with van der Waals surface area (Å²) in [4.78, 5) is 28.8. The fraction of sp³-hybridized carbons (Fsp3) is 0.464. The van der Waals surface area contributed by atoms with Crippen molar-refractivity contribution in [3.8, 4) is 11.4 Å². The lowest BCUT2D eigenvalue weighted by Crippen LogP contribution is -2.52. The van der Waals surface area contributed by atoms with Crippen LogP contribution >= 0.6 is 12.4 Å². The van der Waals surface area contributed by atoms with E-state index in [2.05, 4.69) is 20.8 Å². The predicted octanol–water partition coefficient (Wildman–Crippen LogP) is 3.54. The minimum Gasteiger partial charge on any atom is -0.508 e. The van der Waals surface area contributed by atoms with Crippen LogP contribution in [0.25, 0.3) is 5.69 Å². The Balaban J connectivity index is 0.00000405. The number of likely N-dealkylation sites (tertiary alicyclic amines) is 2. The smallest absolute Gasteiger partial charge is 0.453 e. The average Bonchev–Trinajstić information content (AvgIpc) is 3.48. The topological polar surface area (TPSA) is 116 Å². The molecule has 3 heterocycles. The summed E-state index contributed by atoms with van der Waals surface area (Å²) in [6.45, 7) is 3.98. The number of amides is 2. The molecular weight excluding hydrogens is 575 g/mol. The number of aromatic hydroxyl groups is 1. The van der Waals surface area contributed by atoms with Crippen LogP contribution in [0.4, 0.5) is 13.2 Å².